The molecule has 0 heterocycles. The van der Waals surface area contributed by atoms with Gasteiger partial charge in [-0.25, -0.2) is 0 Å². The molecule has 19 heavy (non-hydrogen) atoms. The number of carbonyl (C=O) groups is 1. The van der Waals surface area contributed by atoms with Gasteiger partial charge in [0.1, 0.15) is 0 Å². The first-order valence-corrected chi connectivity index (χ1v) is 8.40. The topological polar surface area (TPSA) is 37.3 Å². The number of hydrogen-bond donors (Lipinski definition) is 1. The average Bonchev–Trinajstić information content (AvgIpc) is 2.39. The molecule has 1 atom stereocenters. The Morgan fingerprint density at radius 1 is 1.16 bits per heavy atom. The Kier molecular flexibility index (Phi) is 4.57. The van der Waals surface area contributed by atoms with E-state index in [1.807, 2.05) is 31.2 Å². The van der Waals surface area contributed by atoms with Crippen LogP contribution in [0.4, 0.5) is 0 Å². The molecule has 0 amide bonds. The zero-order valence-corrected chi connectivity index (χ0v) is 13.7. The van der Waals surface area contributed by atoms with E-state index in [2.05, 4.69) is 0 Å². The van der Waals surface area contributed by atoms with Crippen molar-refractivity contribution in [3.05, 3.63) is 57.6 Å². The predicted molar refractivity (Wildman–Crippen MR) is 81.0 cm³/mol. The monoisotopic (exact) mass is 356 g/mol. The van der Waals surface area contributed by atoms with Crippen LogP contribution in [-0.2, 0) is 0 Å². The van der Waals surface area contributed by atoms with E-state index in [-0.39, 0.29) is 0 Å². The number of aromatic carboxylic acids is 1. The summed E-state index contributed by atoms with van der Waals surface area (Å²) in [5.41, 5.74) is 1.29. The van der Waals surface area contributed by atoms with Crippen molar-refractivity contribution in [2.45, 2.75) is 6.92 Å². The maximum absolute atomic E-state index is 11.2. The minimum absolute atomic E-state index is 0.330. The molecule has 0 aliphatic carbocycles. The Balaban J connectivity index is 2.48. The predicted octanol–water partition coefficient (Wildman–Crippen LogP) is 2.39. The summed E-state index contributed by atoms with van der Waals surface area (Å²) in [7, 11) is 0. The number of benzene rings is 2. The van der Waals surface area contributed by atoms with Gasteiger partial charge in [-0.05, 0) is 0 Å². The van der Waals surface area contributed by atoms with Crippen LogP contribution in [0.2, 0.25) is 10.0 Å². The van der Waals surface area contributed by atoms with Crippen LogP contribution in [0.25, 0.3) is 0 Å². The van der Waals surface area contributed by atoms with Gasteiger partial charge in [0.05, 0.1) is 0 Å². The third kappa shape index (κ3) is 3.14. The standard InChI is InChI=1S/C14H11AsCl2O2/c1-8-6-7-11(16)12(13(8)17)15-10-5-3-2-4-9(10)14(18)19/h2-7,15H,1H3,(H,18,19). The summed E-state index contributed by atoms with van der Waals surface area (Å²) in [6.07, 6.45) is 0. The van der Waals surface area contributed by atoms with E-state index in [1.54, 1.807) is 12.1 Å². The molecule has 0 saturated heterocycles. The average molecular weight is 357 g/mol. The van der Waals surface area contributed by atoms with Crippen molar-refractivity contribution in [3.8, 4) is 0 Å². The quantitative estimate of drug-likeness (QED) is 0.857. The number of halogens is 2. The van der Waals surface area contributed by atoms with Gasteiger partial charge in [-0.1, -0.05) is 0 Å². The van der Waals surface area contributed by atoms with Gasteiger partial charge in [0.2, 0.25) is 0 Å². The van der Waals surface area contributed by atoms with E-state index in [0.717, 1.165) is 14.3 Å². The zero-order chi connectivity index (χ0) is 14.0. The number of carboxylic acids is 1. The van der Waals surface area contributed by atoms with Crippen LogP contribution < -0.4 is 8.70 Å². The molecule has 2 nitrogen and oxygen atoms in total. The molecule has 0 aliphatic heterocycles. The molecule has 98 valence electrons. The first kappa shape index (κ1) is 14.5. The molecular weight excluding hydrogens is 346 g/mol. The van der Waals surface area contributed by atoms with E-state index in [1.165, 1.54) is 0 Å². The fourth-order valence-corrected chi connectivity index (χ4v) is 5.24. The van der Waals surface area contributed by atoms with Crippen molar-refractivity contribution in [2.24, 2.45) is 0 Å². The van der Waals surface area contributed by atoms with Gasteiger partial charge < -0.3 is 0 Å². The summed E-state index contributed by atoms with van der Waals surface area (Å²) in [6.45, 7) is 1.91. The molecule has 0 fully saturated rings. The summed E-state index contributed by atoms with van der Waals surface area (Å²) >= 11 is 11.6. The molecule has 2 aromatic carbocycles. The Morgan fingerprint density at radius 2 is 1.84 bits per heavy atom. The number of hydrogen-bond acceptors (Lipinski definition) is 1. The van der Waals surface area contributed by atoms with Crippen molar-refractivity contribution < 1.29 is 9.90 Å². The van der Waals surface area contributed by atoms with Crippen LogP contribution in [-0.4, -0.2) is 26.8 Å². The summed E-state index contributed by atoms with van der Waals surface area (Å²) in [5, 5.41) is 10.4. The van der Waals surface area contributed by atoms with Gasteiger partial charge in [-0.15, -0.1) is 0 Å². The van der Waals surface area contributed by atoms with Crippen molar-refractivity contribution in [1.82, 2.24) is 0 Å². The summed E-state index contributed by atoms with van der Waals surface area (Å²) in [5.74, 6) is -0.917. The first-order valence-electron chi connectivity index (χ1n) is 5.54. The molecule has 1 unspecified atom stereocenters. The number of aryl methyl sites for hydroxylation is 1. The molecule has 0 radical (unpaired) electrons. The third-order valence-corrected chi connectivity index (χ3v) is 7.26. The molecular formula is C14H11AsCl2O2. The molecule has 0 aliphatic rings. The van der Waals surface area contributed by atoms with Crippen molar-refractivity contribution >= 4 is 53.6 Å². The van der Waals surface area contributed by atoms with E-state index in [4.69, 9.17) is 23.2 Å². The SMILES string of the molecule is Cc1ccc(Cl)c([AsH]c2ccccc2C(=O)O)c1Cl. The van der Waals surface area contributed by atoms with Crippen molar-refractivity contribution in [1.29, 1.82) is 0 Å². The van der Waals surface area contributed by atoms with Crippen molar-refractivity contribution in [2.75, 3.05) is 0 Å². The molecule has 2 rings (SSSR count). The van der Waals surface area contributed by atoms with Crippen LogP contribution in [0, 0.1) is 6.92 Å². The number of carboxylic acid groups (broad SMARTS) is 1. The Labute approximate surface area is 128 Å². The van der Waals surface area contributed by atoms with Gasteiger partial charge in [0.25, 0.3) is 0 Å². The molecule has 0 spiro atoms. The summed E-state index contributed by atoms with van der Waals surface area (Å²) < 4.78 is 1.71. The summed E-state index contributed by atoms with van der Waals surface area (Å²) in [4.78, 5) is 11.2. The Hall–Kier alpha value is -0.952. The second-order valence-electron chi connectivity index (χ2n) is 4.03. The third-order valence-electron chi connectivity index (χ3n) is 2.70. The van der Waals surface area contributed by atoms with Crippen LogP contribution in [0.15, 0.2) is 36.4 Å². The van der Waals surface area contributed by atoms with Gasteiger partial charge >= 0.3 is 128 Å². The van der Waals surface area contributed by atoms with E-state index < -0.39 is 21.7 Å². The Bertz CT molecular complexity index is 641. The van der Waals surface area contributed by atoms with Crippen molar-refractivity contribution in [3.63, 3.8) is 0 Å². The fraction of sp³-hybridized carbons (Fsp3) is 0.0714. The molecule has 0 aromatic heterocycles. The Morgan fingerprint density at radius 3 is 2.53 bits per heavy atom. The van der Waals surface area contributed by atoms with Gasteiger partial charge in [-0.2, -0.15) is 0 Å². The maximum atomic E-state index is 11.2. The molecule has 1 N–H and O–H groups in total. The van der Waals surface area contributed by atoms with Gasteiger partial charge in [0, 0.05) is 0 Å². The second kappa shape index (κ2) is 6.00. The zero-order valence-electron chi connectivity index (χ0n) is 10.1. The normalized spacial score (nSPS) is 11.1. The molecule has 5 heteroatoms. The number of rotatable bonds is 3. The molecule has 0 saturated carbocycles. The van der Waals surface area contributed by atoms with Gasteiger partial charge in [0.15, 0.2) is 0 Å². The van der Waals surface area contributed by atoms with Crippen LogP contribution in [0.1, 0.15) is 15.9 Å². The second-order valence-corrected chi connectivity index (χ2v) is 7.52. The van der Waals surface area contributed by atoms with Crippen LogP contribution >= 0.6 is 23.2 Å². The van der Waals surface area contributed by atoms with E-state index in [9.17, 15) is 9.90 Å². The first-order chi connectivity index (χ1) is 9.00. The van der Waals surface area contributed by atoms with Crippen LogP contribution in [0.5, 0.6) is 0 Å². The fourth-order valence-electron chi connectivity index (χ4n) is 1.68. The van der Waals surface area contributed by atoms with Gasteiger partial charge in [-0.3, -0.25) is 0 Å². The van der Waals surface area contributed by atoms with E-state index in [0.29, 0.717) is 15.6 Å². The minimum atomic E-state index is -0.917. The summed E-state index contributed by atoms with van der Waals surface area (Å²) in [6, 6.07) is 10.7. The molecule has 0 bridgehead atoms. The molecule has 2 aromatic rings. The van der Waals surface area contributed by atoms with Crippen LogP contribution in [0.3, 0.4) is 0 Å². The van der Waals surface area contributed by atoms with E-state index >= 15 is 0 Å².